The lowest BCUT2D eigenvalue weighted by molar-refractivity contribution is 0.0571. The van der Waals surface area contributed by atoms with Crippen LogP contribution in [-0.4, -0.2) is 34.8 Å². The molecule has 0 saturated carbocycles. The molecule has 1 aliphatic carbocycles. The predicted octanol–water partition coefficient (Wildman–Crippen LogP) is 2.34. The van der Waals surface area contributed by atoms with Gasteiger partial charge < -0.3 is 5.32 Å². The van der Waals surface area contributed by atoms with Crippen molar-refractivity contribution in [3.63, 3.8) is 0 Å². The van der Waals surface area contributed by atoms with Crippen LogP contribution in [0.5, 0.6) is 0 Å². The molecule has 22 heavy (non-hydrogen) atoms. The monoisotopic (exact) mass is 313 g/mol. The van der Waals surface area contributed by atoms with Gasteiger partial charge in [-0.2, -0.15) is 0 Å². The SMILES string of the molecule is CNc1nc2c(s1)CC(N1C(=O)c3ccccc3C1=O)CC2. The van der Waals surface area contributed by atoms with Gasteiger partial charge in [-0.3, -0.25) is 14.5 Å². The lowest BCUT2D eigenvalue weighted by atomic mass is 9.96. The summed E-state index contributed by atoms with van der Waals surface area (Å²) < 4.78 is 0. The fraction of sp³-hybridized carbons (Fsp3) is 0.312. The lowest BCUT2D eigenvalue weighted by Crippen LogP contribution is -2.42. The highest BCUT2D eigenvalue weighted by molar-refractivity contribution is 7.15. The quantitative estimate of drug-likeness (QED) is 0.865. The molecule has 112 valence electrons. The minimum atomic E-state index is -0.160. The number of nitrogens with zero attached hydrogens (tertiary/aromatic N) is 2. The summed E-state index contributed by atoms with van der Waals surface area (Å²) in [6.07, 6.45) is 2.30. The first-order valence-electron chi connectivity index (χ1n) is 7.32. The maximum atomic E-state index is 12.6. The average Bonchev–Trinajstić information content (AvgIpc) is 3.07. The van der Waals surface area contributed by atoms with Gasteiger partial charge in [0.25, 0.3) is 11.8 Å². The van der Waals surface area contributed by atoms with E-state index in [0.29, 0.717) is 17.5 Å². The van der Waals surface area contributed by atoms with Crippen LogP contribution in [0.4, 0.5) is 5.13 Å². The number of carbonyl (C=O) groups is 2. The van der Waals surface area contributed by atoms with E-state index in [2.05, 4.69) is 10.3 Å². The van der Waals surface area contributed by atoms with Crippen LogP contribution in [0.25, 0.3) is 0 Å². The first-order chi connectivity index (χ1) is 10.7. The van der Waals surface area contributed by atoms with Crippen molar-refractivity contribution < 1.29 is 9.59 Å². The van der Waals surface area contributed by atoms with E-state index in [4.69, 9.17) is 0 Å². The zero-order chi connectivity index (χ0) is 15.3. The highest BCUT2D eigenvalue weighted by Crippen LogP contribution is 2.34. The Bertz CT molecular complexity index is 748. The van der Waals surface area contributed by atoms with Gasteiger partial charge in [-0.1, -0.05) is 12.1 Å². The van der Waals surface area contributed by atoms with Crippen LogP contribution in [-0.2, 0) is 12.8 Å². The number of benzene rings is 1. The summed E-state index contributed by atoms with van der Waals surface area (Å²) in [6.45, 7) is 0. The number of thiazole rings is 1. The molecule has 1 N–H and O–H groups in total. The molecule has 2 aliphatic rings. The number of rotatable bonds is 2. The normalized spacial score (nSPS) is 20.0. The van der Waals surface area contributed by atoms with E-state index < -0.39 is 0 Å². The zero-order valence-electron chi connectivity index (χ0n) is 12.1. The number of hydrogen-bond acceptors (Lipinski definition) is 5. The second kappa shape index (κ2) is 4.91. The topological polar surface area (TPSA) is 62.3 Å². The zero-order valence-corrected chi connectivity index (χ0v) is 12.9. The second-order valence-corrected chi connectivity index (χ2v) is 6.65. The van der Waals surface area contributed by atoms with Crippen molar-refractivity contribution in [1.29, 1.82) is 0 Å². The van der Waals surface area contributed by atoms with Crippen LogP contribution in [0, 0.1) is 0 Å². The summed E-state index contributed by atoms with van der Waals surface area (Å²) in [6, 6.07) is 7.00. The summed E-state index contributed by atoms with van der Waals surface area (Å²) in [5, 5.41) is 3.96. The predicted molar refractivity (Wildman–Crippen MR) is 84.4 cm³/mol. The van der Waals surface area contributed by atoms with Crippen molar-refractivity contribution in [2.45, 2.75) is 25.3 Å². The lowest BCUT2D eigenvalue weighted by Gasteiger charge is -2.28. The highest BCUT2D eigenvalue weighted by atomic mass is 32.1. The molecule has 1 aromatic carbocycles. The van der Waals surface area contributed by atoms with Crippen LogP contribution < -0.4 is 5.32 Å². The molecule has 2 aromatic rings. The number of aromatic nitrogens is 1. The minimum absolute atomic E-state index is 0.0648. The van der Waals surface area contributed by atoms with E-state index in [9.17, 15) is 9.59 Å². The van der Waals surface area contributed by atoms with Crippen molar-refractivity contribution in [3.8, 4) is 0 Å². The van der Waals surface area contributed by atoms with Gasteiger partial charge in [0.15, 0.2) is 5.13 Å². The summed E-state index contributed by atoms with van der Waals surface area (Å²) in [4.78, 5) is 32.3. The number of nitrogens with one attached hydrogen (secondary N) is 1. The van der Waals surface area contributed by atoms with Gasteiger partial charge in [-0.25, -0.2) is 4.98 Å². The maximum absolute atomic E-state index is 12.6. The molecule has 1 aliphatic heterocycles. The van der Waals surface area contributed by atoms with Crippen molar-refractivity contribution >= 4 is 28.3 Å². The molecule has 0 radical (unpaired) electrons. The van der Waals surface area contributed by atoms with Crippen LogP contribution in [0.15, 0.2) is 24.3 Å². The molecule has 6 heteroatoms. The molecular weight excluding hydrogens is 298 g/mol. The number of anilines is 1. The van der Waals surface area contributed by atoms with Crippen LogP contribution in [0.1, 0.15) is 37.7 Å². The molecule has 0 saturated heterocycles. The van der Waals surface area contributed by atoms with Gasteiger partial charge in [0.1, 0.15) is 0 Å². The maximum Gasteiger partial charge on any atom is 0.261 e. The summed E-state index contributed by atoms with van der Waals surface area (Å²) in [5.74, 6) is -0.320. The standard InChI is InChI=1S/C16H15N3O2S/c1-17-16-18-12-7-6-9(8-13(12)22-16)19-14(20)10-4-2-3-5-11(10)15(19)21/h2-5,9H,6-8H2,1H3,(H,17,18). The largest absolute Gasteiger partial charge is 0.365 e. The molecule has 2 heterocycles. The van der Waals surface area contributed by atoms with E-state index in [1.165, 1.54) is 9.78 Å². The Morgan fingerprint density at radius 2 is 1.91 bits per heavy atom. The fourth-order valence-corrected chi connectivity index (χ4v) is 4.26. The average molecular weight is 313 g/mol. The van der Waals surface area contributed by atoms with E-state index >= 15 is 0 Å². The molecule has 1 unspecified atom stereocenters. The third kappa shape index (κ3) is 1.87. The highest BCUT2D eigenvalue weighted by Gasteiger charge is 2.41. The van der Waals surface area contributed by atoms with Crippen LogP contribution in [0.3, 0.4) is 0 Å². The number of aryl methyl sites for hydroxylation is 1. The number of imide groups is 1. The molecule has 5 nitrogen and oxygen atoms in total. The van der Waals surface area contributed by atoms with Crippen molar-refractivity contribution in [1.82, 2.24) is 9.88 Å². The summed E-state index contributed by atoms with van der Waals surface area (Å²) >= 11 is 1.61. The van der Waals surface area contributed by atoms with E-state index in [0.717, 1.165) is 23.7 Å². The van der Waals surface area contributed by atoms with Gasteiger partial charge in [0.05, 0.1) is 16.8 Å². The number of amides is 2. The Labute approximate surface area is 132 Å². The molecule has 1 aromatic heterocycles. The molecule has 0 bridgehead atoms. The third-order valence-electron chi connectivity index (χ3n) is 4.32. The molecule has 2 amide bonds. The Kier molecular flexibility index (Phi) is 3.00. The number of fused-ring (bicyclic) bond motifs is 2. The number of carbonyl (C=O) groups excluding carboxylic acids is 2. The van der Waals surface area contributed by atoms with Crippen molar-refractivity contribution in [2.24, 2.45) is 0 Å². The van der Waals surface area contributed by atoms with E-state index in [1.807, 2.05) is 7.05 Å². The smallest absolute Gasteiger partial charge is 0.261 e. The van der Waals surface area contributed by atoms with Crippen LogP contribution >= 0.6 is 11.3 Å². The molecule has 0 spiro atoms. The first-order valence-corrected chi connectivity index (χ1v) is 8.14. The third-order valence-corrected chi connectivity index (χ3v) is 5.46. The molecule has 1 atom stereocenters. The molecule has 0 fully saturated rings. The van der Waals surface area contributed by atoms with Gasteiger partial charge in [0.2, 0.25) is 0 Å². The van der Waals surface area contributed by atoms with Gasteiger partial charge >= 0.3 is 0 Å². The van der Waals surface area contributed by atoms with Gasteiger partial charge in [-0.15, -0.1) is 11.3 Å². The van der Waals surface area contributed by atoms with E-state index in [-0.39, 0.29) is 17.9 Å². The minimum Gasteiger partial charge on any atom is -0.365 e. The second-order valence-electron chi connectivity index (χ2n) is 5.56. The summed E-state index contributed by atoms with van der Waals surface area (Å²) in [7, 11) is 1.85. The number of hydrogen-bond donors (Lipinski definition) is 1. The summed E-state index contributed by atoms with van der Waals surface area (Å²) in [5.41, 5.74) is 2.15. The van der Waals surface area contributed by atoms with Crippen LogP contribution in [0.2, 0.25) is 0 Å². The van der Waals surface area contributed by atoms with Gasteiger partial charge in [-0.05, 0) is 25.0 Å². The molecule has 4 rings (SSSR count). The van der Waals surface area contributed by atoms with Crippen molar-refractivity contribution in [3.05, 3.63) is 46.0 Å². The van der Waals surface area contributed by atoms with Gasteiger partial charge in [0, 0.05) is 24.4 Å². The van der Waals surface area contributed by atoms with E-state index in [1.54, 1.807) is 35.6 Å². The molecular formula is C16H15N3O2S. The Morgan fingerprint density at radius 1 is 1.23 bits per heavy atom. The Balaban J connectivity index is 1.64. The van der Waals surface area contributed by atoms with Crippen molar-refractivity contribution in [2.75, 3.05) is 12.4 Å². The fourth-order valence-electron chi connectivity index (χ4n) is 3.22. The Hall–Kier alpha value is -2.21. The Morgan fingerprint density at radius 3 is 2.55 bits per heavy atom. The first kappa shape index (κ1) is 13.5.